The average molecular weight is 925 g/mol. The normalized spacial score (nSPS) is 19.1. The molecule has 0 amide bonds. The first-order chi connectivity index (χ1) is 31.6. The van der Waals surface area contributed by atoms with Gasteiger partial charge in [0.05, 0.1) is 6.61 Å². The number of hydrogen-bond acceptors (Lipinski definition) is 11. The number of rotatable bonds is 45. The number of carbonyl (C=O) groups excluding carboxylic acids is 3. The van der Waals surface area contributed by atoms with E-state index in [0.29, 0.717) is 19.3 Å². The second-order valence-electron chi connectivity index (χ2n) is 18.5. The first-order valence-electron chi connectivity index (χ1n) is 26.7. The van der Waals surface area contributed by atoms with E-state index in [9.17, 15) is 34.5 Å². The summed E-state index contributed by atoms with van der Waals surface area (Å²) >= 11 is 0. The molecule has 0 aliphatic carbocycles. The van der Waals surface area contributed by atoms with Gasteiger partial charge in [-0.25, -0.2) is 4.79 Å². The van der Waals surface area contributed by atoms with Gasteiger partial charge in [0.25, 0.3) is 0 Å². The van der Waals surface area contributed by atoms with Gasteiger partial charge < -0.3 is 39.0 Å². The molecule has 0 aromatic rings. The van der Waals surface area contributed by atoms with Gasteiger partial charge in [-0.3, -0.25) is 14.4 Å². The fraction of sp³-hybridized carbons (Fsp3) is 0.887. The lowest BCUT2D eigenvalue weighted by Gasteiger charge is -2.40. The molecular weight excluding hydrogens is 829 g/mol. The number of carboxylic acids is 1. The molecule has 1 heterocycles. The van der Waals surface area contributed by atoms with Crippen molar-refractivity contribution in [2.24, 2.45) is 0 Å². The number of ether oxygens (including phenoxy) is 5. The molecule has 0 aromatic carbocycles. The predicted octanol–water partition coefficient (Wildman–Crippen LogP) is 12.6. The highest BCUT2D eigenvalue weighted by Crippen LogP contribution is 2.26. The minimum atomic E-state index is -1.89. The number of unbranched alkanes of at least 4 members (excludes halogenated alkanes) is 29. The average Bonchev–Trinajstić information content (AvgIpc) is 3.29. The van der Waals surface area contributed by atoms with Gasteiger partial charge in [0.1, 0.15) is 18.8 Å². The van der Waals surface area contributed by atoms with E-state index in [1.807, 2.05) is 0 Å². The third kappa shape index (κ3) is 33.6. The molecule has 1 aliphatic heterocycles. The van der Waals surface area contributed by atoms with E-state index in [1.165, 1.54) is 116 Å². The number of aliphatic hydroxyl groups is 2. The summed E-state index contributed by atoms with van der Waals surface area (Å²) in [6.45, 7) is 5.92. The first kappa shape index (κ1) is 60.5. The maximum Gasteiger partial charge on any atom is 0.335 e. The Morgan fingerprint density at radius 2 is 0.892 bits per heavy atom. The van der Waals surface area contributed by atoms with E-state index >= 15 is 0 Å². The summed E-state index contributed by atoms with van der Waals surface area (Å²) in [4.78, 5) is 50.7. The minimum absolute atomic E-state index is 0.0676. The summed E-state index contributed by atoms with van der Waals surface area (Å²) in [7, 11) is 0. The molecule has 6 unspecified atom stereocenters. The molecule has 0 aromatic heterocycles. The van der Waals surface area contributed by atoms with E-state index in [2.05, 4.69) is 32.9 Å². The van der Waals surface area contributed by atoms with Gasteiger partial charge in [-0.05, 0) is 38.5 Å². The van der Waals surface area contributed by atoms with Crippen molar-refractivity contribution < 1.29 is 58.2 Å². The number of aliphatic carboxylic acids is 1. The van der Waals surface area contributed by atoms with Crippen molar-refractivity contribution in [3.63, 3.8) is 0 Å². The lowest BCUT2D eigenvalue weighted by atomic mass is 9.98. The quantitative estimate of drug-likeness (QED) is 0.0228. The Morgan fingerprint density at radius 3 is 1.35 bits per heavy atom. The number of aliphatic hydroxyl groups excluding tert-OH is 2. The number of carboxylic acid groups (broad SMARTS) is 1. The van der Waals surface area contributed by atoms with Gasteiger partial charge in [-0.15, -0.1) is 0 Å². The van der Waals surface area contributed by atoms with Crippen LogP contribution in [-0.2, 0) is 42.9 Å². The second kappa shape index (κ2) is 42.8. The Labute approximate surface area is 395 Å². The minimum Gasteiger partial charge on any atom is -0.479 e. The third-order valence-electron chi connectivity index (χ3n) is 12.3. The van der Waals surface area contributed by atoms with Crippen molar-refractivity contribution in [2.75, 3.05) is 13.2 Å². The summed E-state index contributed by atoms with van der Waals surface area (Å²) in [5, 5.41) is 31.3. The van der Waals surface area contributed by atoms with Crippen LogP contribution in [0.3, 0.4) is 0 Å². The molecule has 0 radical (unpaired) electrons. The van der Waals surface area contributed by atoms with Crippen LogP contribution in [0, 0.1) is 0 Å². The van der Waals surface area contributed by atoms with Crippen molar-refractivity contribution in [1.29, 1.82) is 0 Å². The first-order valence-corrected chi connectivity index (χ1v) is 26.7. The molecule has 12 heteroatoms. The fourth-order valence-corrected chi connectivity index (χ4v) is 8.17. The monoisotopic (exact) mass is 925 g/mol. The largest absolute Gasteiger partial charge is 0.479 e. The maximum absolute atomic E-state index is 13.0. The van der Waals surface area contributed by atoms with Crippen LogP contribution < -0.4 is 0 Å². The summed E-state index contributed by atoms with van der Waals surface area (Å²) < 4.78 is 28.3. The van der Waals surface area contributed by atoms with E-state index in [4.69, 9.17) is 23.7 Å². The molecule has 1 fully saturated rings. The van der Waals surface area contributed by atoms with E-state index in [-0.39, 0.29) is 25.9 Å². The molecular formula is C53H96O12. The summed E-state index contributed by atoms with van der Waals surface area (Å²) in [6.07, 6.45) is 32.1. The number of hydrogen-bond donors (Lipinski definition) is 3. The van der Waals surface area contributed by atoms with E-state index in [0.717, 1.165) is 77.0 Å². The molecule has 1 saturated heterocycles. The van der Waals surface area contributed by atoms with Crippen molar-refractivity contribution >= 4 is 23.9 Å². The van der Waals surface area contributed by atoms with Crippen LogP contribution in [0.2, 0.25) is 0 Å². The lowest BCUT2D eigenvalue weighted by Crippen LogP contribution is -2.61. The molecule has 1 aliphatic rings. The molecule has 0 saturated carbocycles. The van der Waals surface area contributed by atoms with Crippen LogP contribution in [0.25, 0.3) is 0 Å². The molecule has 0 bridgehead atoms. The second-order valence-corrected chi connectivity index (χ2v) is 18.5. The zero-order valence-electron chi connectivity index (χ0n) is 41.5. The van der Waals surface area contributed by atoms with Crippen molar-refractivity contribution in [1.82, 2.24) is 0 Å². The Hall–Kier alpha value is -2.54. The Bertz CT molecular complexity index is 1190. The molecule has 65 heavy (non-hydrogen) atoms. The fourth-order valence-electron chi connectivity index (χ4n) is 8.17. The molecule has 3 N–H and O–H groups in total. The van der Waals surface area contributed by atoms with Gasteiger partial charge >= 0.3 is 23.9 Å². The Kier molecular flexibility index (Phi) is 39.8. The topological polar surface area (TPSA) is 175 Å². The number of carbonyl (C=O) groups is 4. The van der Waals surface area contributed by atoms with E-state index < -0.39 is 67.3 Å². The number of esters is 3. The zero-order valence-corrected chi connectivity index (χ0v) is 41.5. The highest BCUT2D eigenvalue weighted by molar-refractivity contribution is 5.74. The Balaban J connectivity index is 2.69. The van der Waals surface area contributed by atoms with Crippen LogP contribution in [-0.4, -0.2) is 89.2 Å². The van der Waals surface area contributed by atoms with Crippen LogP contribution in [0.5, 0.6) is 0 Å². The Morgan fingerprint density at radius 1 is 0.492 bits per heavy atom. The summed E-state index contributed by atoms with van der Waals surface area (Å²) in [6, 6.07) is 0. The van der Waals surface area contributed by atoms with Crippen LogP contribution in [0.1, 0.15) is 252 Å². The van der Waals surface area contributed by atoms with Crippen molar-refractivity contribution in [3.05, 3.63) is 12.2 Å². The van der Waals surface area contributed by atoms with E-state index in [1.54, 1.807) is 0 Å². The van der Waals surface area contributed by atoms with Crippen molar-refractivity contribution in [3.8, 4) is 0 Å². The highest BCUT2D eigenvalue weighted by atomic mass is 16.7. The molecule has 12 nitrogen and oxygen atoms in total. The van der Waals surface area contributed by atoms with Crippen LogP contribution in [0.15, 0.2) is 12.2 Å². The smallest absolute Gasteiger partial charge is 0.335 e. The van der Waals surface area contributed by atoms with Crippen molar-refractivity contribution in [2.45, 2.75) is 289 Å². The van der Waals surface area contributed by atoms with Gasteiger partial charge in [-0.2, -0.15) is 0 Å². The molecule has 380 valence electrons. The zero-order chi connectivity index (χ0) is 47.6. The molecule has 6 atom stereocenters. The molecule has 1 rings (SSSR count). The van der Waals surface area contributed by atoms with Gasteiger partial charge in [0.15, 0.2) is 24.6 Å². The SMILES string of the molecule is CCCC/C=C\CCCCCCCC(=O)OCC(COC1OC(C(=O)O)C(O)C(O)C1OC(=O)CCCCCCCCCCCCCCCCC)OC(=O)CCCCCCCCCCC. The third-order valence-corrected chi connectivity index (χ3v) is 12.3. The summed E-state index contributed by atoms with van der Waals surface area (Å²) in [5.41, 5.74) is 0. The summed E-state index contributed by atoms with van der Waals surface area (Å²) in [5.74, 6) is -3.11. The standard InChI is InChI=1S/C53H96O12/c1-4-7-10-13-16-19-21-22-23-24-26-29-32-35-38-41-47(56)64-51-49(58)48(57)50(52(59)60)65-53(51)62-43-44(63-46(55)40-37-34-31-27-18-15-12-9-6-3)42-61-45(54)39-36-33-30-28-25-20-17-14-11-8-5-2/h14,17,44,48-51,53,57-58H,4-13,15-16,18-43H2,1-3H3,(H,59,60)/b17-14-. The lowest BCUT2D eigenvalue weighted by molar-refractivity contribution is -0.301. The van der Waals surface area contributed by atoms with Gasteiger partial charge in [0, 0.05) is 19.3 Å². The number of allylic oxidation sites excluding steroid dienone is 2. The molecule has 0 spiro atoms. The maximum atomic E-state index is 13.0. The van der Waals surface area contributed by atoms with Crippen LogP contribution >= 0.6 is 0 Å². The van der Waals surface area contributed by atoms with Gasteiger partial charge in [0.2, 0.25) is 0 Å². The van der Waals surface area contributed by atoms with Crippen LogP contribution in [0.4, 0.5) is 0 Å². The highest BCUT2D eigenvalue weighted by Gasteiger charge is 2.50. The van der Waals surface area contributed by atoms with Gasteiger partial charge in [-0.1, -0.05) is 206 Å². The predicted molar refractivity (Wildman–Crippen MR) is 257 cm³/mol.